The van der Waals surface area contributed by atoms with Crippen LogP contribution in [0, 0.1) is 20.8 Å². The predicted molar refractivity (Wildman–Crippen MR) is 131 cm³/mol. The number of carboxylic acid groups (broad SMARTS) is 1. The summed E-state index contributed by atoms with van der Waals surface area (Å²) in [5.74, 6) is -1.00. The molecule has 0 fully saturated rings. The number of hydrogen-bond acceptors (Lipinski definition) is 7. The summed E-state index contributed by atoms with van der Waals surface area (Å²) in [5.41, 5.74) is 4.97. The number of carboxylic acids is 1. The number of carbonyl (C=O) groups excluding carboxylic acids is 1. The number of benzene rings is 2. The minimum absolute atomic E-state index is 0.00836. The molecule has 1 amide bonds. The second kappa shape index (κ2) is 9.22. The van der Waals surface area contributed by atoms with Crippen molar-refractivity contribution in [2.24, 2.45) is 0 Å². The predicted octanol–water partition coefficient (Wildman–Crippen LogP) is 4.25. The van der Waals surface area contributed by atoms with E-state index < -0.39 is 5.97 Å². The topological polar surface area (TPSA) is 115 Å². The van der Waals surface area contributed by atoms with Gasteiger partial charge in [-0.15, -0.1) is 10.2 Å². The number of fused-ring (bicyclic) bond motifs is 3. The average Bonchev–Trinajstić information content (AvgIpc) is 3.23. The number of carbonyl (C=O) groups is 2. The standard InChI is InChI=1S/C24H24N4O5S/c1-12-6-13(2)15-8-14(3)22-26-27-24(28(22)18(15)7-12)34-11-21(29)25-17-10-20(33-5)19(32-4)9-16(17)23(30)31/h6-10H,11H2,1-5H3,(H,25,29)(H,30,31). The van der Waals surface area contributed by atoms with Crippen molar-refractivity contribution in [2.75, 3.05) is 25.3 Å². The van der Waals surface area contributed by atoms with Crippen LogP contribution in [0.25, 0.3) is 16.6 Å². The van der Waals surface area contributed by atoms with E-state index in [0.29, 0.717) is 10.9 Å². The number of ether oxygens (including phenoxy) is 2. The molecule has 2 aromatic carbocycles. The molecular formula is C24H24N4O5S. The van der Waals surface area contributed by atoms with Crippen molar-refractivity contribution in [3.8, 4) is 11.5 Å². The van der Waals surface area contributed by atoms with Gasteiger partial charge in [0.1, 0.15) is 0 Å². The van der Waals surface area contributed by atoms with Crippen LogP contribution < -0.4 is 14.8 Å². The molecule has 0 saturated carbocycles. The first-order valence-corrected chi connectivity index (χ1v) is 11.4. The zero-order valence-electron chi connectivity index (χ0n) is 19.4. The first kappa shape index (κ1) is 23.4. The summed E-state index contributed by atoms with van der Waals surface area (Å²) in [7, 11) is 2.85. The fraction of sp³-hybridized carbons (Fsp3) is 0.250. The number of aromatic carboxylic acids is 1. The van der Waals surface area contributed by atoms with E-state index in [1.54, 1.807) is 0 Å². The molecule has 9 nitrogen and oxygen atoms in total. The number of nitrogens with zero attached hydrogens (tertiary/aromatic N) is 3. The zero-order valence-corrected chi connectivity index (χ0v) is 20.2. The number of methoxy groups -OCH3 is 2. The maximum absolute atomic E-state index is 12.8. The summed E-state index contributed by atoms with van der Waals surface area (Å²) in [6, 6.07) is 9.04. The smallest absolute Gasteiger partial charge is 0.337 e. The molecular weight excluding hydrogens is 456 g/mol. The highest BCUT2D eigenvalue weighted by Gasteiger charge is 2.19. The maximum Gasteiger partial charge on any atom is 0.337 e. The Hall–Kier alpha value is -3.79. The van der Waals surface area contributed by atoms with Gasteiger partial charge in [-0.1, -0.05) is 17.8 Å². The third kappa shape index (κ3) is 4.24. The summed E-state index contributed by atoms with van der Waals surface area (Å²) in [6.45, 7) is 6.08. The number of pyridine rings is 1. The monoisotopic (exact) mass is 480 g/mol. The Morgan fingerprint density at radius 2 is 1.71 bits per heavy atom. The van der Waals surface area contributed by atoms with Crippen molar-refractivity contribution in [2.45, 2.75) is 25.9 Å². The average molecular weight is 481 g/mol. The molecule has 0 atom stereocenters. The lowest BCUT2D eigenvalue weighted by Crippen LogP contribution is -2.17. The van der Waals surface area contributed by atoms with Crippen LogP contribution >= 0.6 is 11.8 Å². The molecule has 10 heteroatoms. The molecule has 4 rings (SSSR count). The number of anilines is 1. The molecule has 2 aromatic heterocycles. The van der Waals surface area contributed by atoms with Gasteiger partial charge in [0, 0.05) is 17.5 Å². The van der Waals surface area contributed by atoms with Crippen LogP contribution in [0.3, 0.4) is 0 Å². The van der Waals surface area contributed by atoms with Crippen LogP contribution in [-0.4, -0.2) is 51.6 Å². The number of hydrogen-bond donors (Lipinski definition) is 2. The number of amides is 1. The molecule has 0 bridgehead atoms. The second-order valence-electron chi connectivity index (χ2n) is 7.88. The van der Waals surface area contributed by atoms with E-state index in [4.69, 9.17) is 9.47 Å². The number of thioether (sulfide) groups is 1. The van der Waals surface area contributed by atoms with E-state index in [-0.39, 0.29) is 28.7 Å². The van der Waals surface area contributed by atoms with E-state index >= 15 is 0 Å². The second-order valence-corrected chi connectivity index (χ2v) is 8.82. The molecule has 0 aliphatic heterocycles. The Balaban J connectivity index is 1.63. The highest BCUT2D eigenvalue weighted by molar-refractivity contribution is 7.99. The van der Waals surface area contributed by atoms with Crippen LogP contribution in [0.5, 0.6) is 11.5 Å². The van der Waals surface area contributed by atoms with Gasteiger partial charge in [-0.05, 0) is 49.6 Å². The molecule has 0 aliphatic rings. The maximum atomic E-state index is 12.8. The van der Waals surface area contributed by atoms with E-state index in [1.807, 2.05) is 18.2 Å². The third-order valence-corrected chi connectivity index (χ3v) is 6.39. The zero-order chi connectivity index (χ0) is 24.6. The molecule has 34 heavy (non-hydrogen) atoms. The Kier molecular flexibility index (Phi) is 6.34. The van der Waals surface area contributed by atoms with Crippen molar-refractivity contribution in [3.63, 3.8) is 0 Å². The first-order valence-electron chi connectivity index (χ1n) is 10.4. The van der Waals surface area contributed by atoms with Crippen LogP contribution in [-0.2, 0) is 4.79 Å². The Labute approximate surface area is 200 Å². The van der Waals surface area contributed by atoms with Gasteiger partial charge >= 0.3 is 5.97 Å². The summed E-state index contributed by atoms with van der Waals surface area (Å²) in [5, 5.41) is 22.5. The lowest BCUT2D eigenvalue weighted by atomic mass is 10.0. The van der Waals surface area contributed by atoms with E-state index in [2.05, 4.69) is 40.6 Å². The van der Waals surface area contributed by atoms with Crippen molar-refractivity contribution in [1.82, 2.24) is 14.6 Å². The molecule has 4 aromatic rings. The third-order valence-electron chi connectivity index (χ3n) is 5.46. The van der Waals surface area contributed by atoms with Crippen LogP contribution in [0.4, 0.5) is 5.69 Å². The number of aryl methyl sites for hydroxylation is 3. The summed E-state index contributed by atoms with van der Waals surface area (Å²) in [4.78, 5) is 24.5. The summed E-state index contributed by atoms with van der Waals surface area (Å²) >= 11 is 1.22. The highest BCUT2D eigenvalue weighted by atomic mass is 32.2. The normalized spacial score (nSPS) is 11.1. The van der Waals surface area contributed by atoms with Crippen LogP contribution in [0.2, 0.25) is 0 Å². The quantitative estimate of drug-likeness (QED) is 0.377. The Morgan fingerprint density at radius 3 is 2.38 bits per heavy atom. The van der Waals surface area contributed by atoms with Crippen molar-refractivity contribution >= 4 is 45.9 Å². The minimum atomic E-state index is -1.19. The largest absolute Gasteiger partial charge is 0.493 e. The molecule has 0 radical (unpaired) electrons. The molecule has 0 aliphatic carbocycles. The fourth-order valence-electron chi connectivity index (χ4n) is 3.92. The molecule has 2 N–H and O–H groups in total. The summed E-state index contributed by atoms with van der Waals surface area (Å²) < 4.78 is 12.4. The Morgan fingerprint density at radius 1 is 1.00 bits per heavy atom. The first-order chi connectivity index (χ1) is 16.2. The Bertz CT molecular complexity index is 1450. The van der Waals surface area contributed by atoms with E-state index in [1.165, 1.54) is 38.1 Å². The number of rotatable bonds is 7. The lowest BCUT2D eigenvalue weighted by molar-refractivity contribution is -0.113. The minimum Gasteiger partial charge on any atom is -0.493 e. The SMILES string of the molecule is COc1cc(NC(=O)CSc2nnc3c(C)cc4c(C)cc(C)cc4n23)c(C(=O)O)cc1OC. The highest BCUT2D eigenvalue weighted by Crippen LogP contribution is 2.34. The van der Waals surface area contributed by atoms with Gasteiger partial charge in [0.25, 0.3) is 0 Å². The van der Waals surface area contributed by atoms with Gasteiger partial charge in [0.15, 0.2) is 22.3 Å². The van der Waals surface area contributed by atoms with Gasteiger partial charge in [-0.2, -0.15) is 0 Å². The van der Waals surface area contributed by atoms with Gasteiger partial charge in [0.2, 0.25) is 5.91 Å². The molecule has 176 valence electrons. The molecule has 0 spiro atoms. The van der Waals surface area contributed by atoms with E-state index in [0.717, 1.165) is 33.2 Å². The van der Waals surface area contributed by atoms with Crippen molar-refractivity contribution in [3.05, 3.63) is 52.6 Å². The fourth-order valence-corrected chi connectivity index (χ4v) is 4.67. The summed E-state index contributed by atoms with van der Waals surface area (Å²) in [6.07, 6.45) is 0. The number of aromatic nitrogens is 3. The molecule has 0 unspecified atom stereocenters. The number of nitrogens with one attached hydrogen (secondary N) is 1. The van der Waals surface area contributed by atoms with Crippen molar-refractivity contribution < 1.29 is 24.2 Å². The van der Waals surface area contributed by atoms with Gasteiger partial charge < -0.3 is 19.9 Å². The van der Waals surface area contributed by atoms with Crippen LogP contribution in [0.1, 0.15) is 27.0 Å². The van der Waals surface area contributed by atoms with E-state index in [9.17, 15) is 14.7 Å². The van der Waals surface area contributed by atoms with Crippen molar-refractivity contribution in [1.29, 1.82) is 0 Å². The van der Waals surface area contributed by atoms with Gasteiger partial charge in [0.05, 0.1) is 36.7 Å². The lowest BCUT2D eigenvalue weighted by Gasteiger charge is -2.13. The van der Waals surface area contributed by atoms with Gasteiger partial charge in [-0.25, -0.2) is 4.79 Å². The van der Waals surface area contributed by atoms with Gasteiger partial charge in [-0.3, -0.25) is 9.20 Å². The molecule has 2 heterocycles. The van der Waals surface area contributed by atoms with Crippen LogP contribution in [0.15, 0.2) is 35.5 Å². The molecule has 0 saturated heterocycles.